The second kappa shape index (κ2) is 7.60. The molecule has 5 heteroatoms. The van der Waals surface area contributed by atoms with Gasteiger partial charge in [0.25, 0.3) is 5.91 Å². The highest BCUT2D eigenvalue weighted by Gasteiger charge is 2.31. The summed E-state index contributed by atoms with van der Waals surface area (Å²) in [7, 11) is 0. The summed E-state index contributed by atoms with van der Waals surface area (Å²) in [6.07, 6.45) is 0.309. The normalized spacial score (nSPS) is 16.7. The van der Waals surface area contributed by atoms with Crippen LogP contribution in [0.5, 0.6) is 5.75 Å². The van der Waals surface area contributed by atoms with Gasteiger partial charge in [0.2, 0.25) is 5.91 Å². The van der Waals surface area contributed by atoms with Crippen molar-refractivity contribution in [3.8, 4) is 5.75 Å². The van der Waals surface area contributed by atoms with Crippen LogP contribution in [0.25, 0.3) is 0 Å². The summed E-state index contributed by atoms with van der Waals surface area (Å²) >= 11 is 0. The molecule has 0 aromatic heterocycles. The number of aryl methyl sites for hydroxylation is 3. The topological polar surface area (TPSA) is 58.6 Å². The molecule has 3 rings (SSSR count). The molecule has 0 aliphatic carbocycles. The van der Waals surface area contributed by atoms with Gasteiger partial charge in [-0.2, -0.15) is 0 Å². The van der Waals surface area contributed by atoms with Gasteiger partial charge in [-0.05, 0) is 56.2 Å². The molecular weight excluding hydrogens is 328 g/mol. The maximum absolute atomic E-state index is 12.3. The highest BCUT2D eigenvalue weighted by atomic mass is 16.5. The average molecular weight is 352 g/mol. The summed E-state index contributed by atoms with van der Waals surface area (Å²) in [5.41, 5.74) is 4.36. The van der Waals surface area contributed by atoms with E-state index in [2.05, 4.69) is 5.32 Å². The molecule has 0 saturated carbocycles. The average Bonchev–Trinajstić information content (AvgIpc) is 2.97. The lowest BCUT2D eigenvalue weighted by molar-refractivity contribution is -0.123. The molecule has 136 valence electrons. The standard InChI is InChI=1S/C21H24N2O3/c1-14-4-8-19(9-5-14)26-13-20(24)22-17-11-21(25)23(12-17)18-7-6-15(2)16(3)10-18/h4-10,17H,11-13H2,1-3H3,(H,22,24)/t17-/m0/s1. The van der Waals surface area contributed by atoms with E-state index >= 15 is 0 Å². The van der Waals surface area contributed by atoms with Crippen molar-refractivity contribution in [2.24, 2.45) is 0 Å². The summed E-state index contributed by atoms with van der Waals surface area (Å²) < 4.78 is 5.49. The lowest BCUT2D eigenvalue weighted by Crippen LogP contribution is -2.39. The number of rotatable bonds is 5. The van der Waals surface area contributed by atoms with E-state index in [4.69, 9.17) is 4.74 Å². The zero-order valence-electron chi connectivity index (χ0n) is 15.4. The fraction of sp³-hybridized carbons (Fsp3) is 0.333. The number of nitrogens with zero attached hydrogens (tertiary/aromatic N) is 1. The van der Waals surface area contributed by atoms with Crippen molar-refractivity contribution < 1.29 is 14.3 Å². The maximum Gasteiger partial charge on any atom is 0.258 e. The first-order valence-corrected chi connectivity index (χ1v) is 8.79. The summed E-state index contributed by atoms with van der Waals surface area (Å²) in [4.78, 5) is 26.2. The molecule has 26 heavy (non-hydrogen) atoms. The van der Waals surface area contributed by atoms with Crippen molar-refractivity contribution in [1.29, 1.82) is 0 Å². The molecule has 2 amide bonds. The van der Waals surface area contributed by atoms with Crippen LogP contribution >= 0.6 is 0 Å². The zero-order chi connectivity index (χ0) is 18.7. The molecule has 1 fully saturated rings. The minimum absolute atomic E-state index is 0.0259. The smallest absolute Gasteiger partial charge is 0.258 e. The fourth-order valence-electron chi connectivity index (χ4n) is 3.00. The first kappa shape index (κ1) is 18.0. The molecule has 1 heterocycles. The summed E-state index contributed by atoms with van der Waals surface area (Å²) in [6.45, 7) is 6.49. The van der Waals surface area contributed by atoms with E-state index in [1.807, 2.05) is 63.2 Å². The van der Waals surface area contributed by atoms with Crippen molar-refractivity contribution in [1.82, 2.24) is 5.32 Å². The van der Waals surface area contributed by atoms with Gasteiger partial charge >= 0.3 is 0 Å². The van der Waals surface area contributed by atoms with Gasteiger partial charge in [-0.25, -0.2) is 0 Å². The van der Waals surface area contributed by atoms with Gasteiger partial charge in [0.1, 0.15) is 5.75 Å². The van der Waals surface area contributed by atoms with Gasteiger partial charge in [0.15, 0.2) is 6.61 Å². The van der Waals surface area contributed by atoms with Crippen molar-refractivity contribution in [3.63, 3.8) is 0 Å². The number of ether oxygens (including phenoxy) is 1. The highest BCUT2D eigenvalue weighted by Crippen LogP contribution is 2.24. The van der Waals surface area contributed by atoms with Crippen LogP contribution in [0.15, 0.2) is 42.5 Å². The van der Waals surface area contributed by atoms with Gasteiger partial charge in [-0.3, -0.25) is 9.59 Å². The zero-order valence-corrected chi connectivity index (χ0v) is 15.4. The summed E-state index contributed by atoms with van der Waals surface area (Å²) in [6, 6.07) is 13.3. The van der Waals surface area contributed by atoms with Gasteiger partial charge in [0, 0.05) is 18.7 Å². The van der Waals surface area contributed by atoms with E-state index in [9.17, 15) is 9.59 Å². The third kappa shape index (κ3) is 4.23. The van der Waals surface area contributed by atoms with Gasteiger partial charge < -0.3 is 15.0 Å². The highest BCUT2D eigenvalue weighted by molar-refractivity contribution is 5.97. The Labute approximate surface area is 154 Å². The SMILES string of the molecule is Cc1ccc(OCC(=O)N[C@H]2CC(=O)N(c3ccc(C)c(C)c3)C2)cc1. The van der Waals surface area contributed by atoms with Crippen LogP contribution in [0.1, 0.15) is 23.1 Å². The minimum atomic E-state index is -0.217. The number of amides is 2. The Hall–Kier alpha value is -2.82. The minimum Gasteiger partial charge on any atom is -0.484 e. The van der Waals surface area contributed by atoms with Crippen LogP contribution in [0.4, 0.5) is 5.69 Å². The van der Waals surface area contributed by atoms with E-state index in [1.165, 1.54) is 5.56 Å². The van der Waals surface area contributed by atoms with E-state index < -0.39 is 0 Å². The maximum atomic E-state index is 12.3. The van der Waals surface area contributed by atoms with Crippen LogP contribution in [0, 0.1) is 20.8 Å². The monoisotopic (exact) mass is 352 g/mol. The molecule has 0 radical (unpaired) electrons. The van der Waals surface area contributed by atoms with Crippen LogP contribution < -0.4 is 15.0 Å². The molecule has 1 saturated heterocycles. The van der Waals surface area contributed by atoms with Crippen molar-refractivity contribution in [3.05, 3.63) is 59.2 Å². The van der Waals surface area contributed by atoms with Crippen LogP contribution in [0.2, 0.25) is 0 Å². The largest absolute Gasteiger partial charge is 0.484 e. The number of anilines is 1. The molecule has 5 nitrogen and oxygen atoms in total. The van der Waals surface area contributed by atoms with E-state index in [0.717, 1.165) is 16.8 Å². The van der Waals surface area contributed by atoms with Gasteiger partial charge in [0.05, 0.1) is 6.04 Å². The third-order valence-corrected chi connectivity index (χ3v) is 4.68. The Morgan fingerprint density at radius 1 is 1.12 bits per heavy atom. The number of carbonyl (C=O) groups excluding carboxylic acids is 2. The third-order valence-electron chi connectivity index (χ3n) is 4.68. The number of hydrogen-bond acceptors (Lipinski definition) is 3. The van der Waals surface area contributed by atoms with Crippen molar-refractivity contribution >= 4 is 17.5 Å². The van der Waals surface area contributed by atoms with Crippen molar-refractivity contribution in [2.75, 3.05) is 18.1 Å². The summed E-state index contributed by atoms with van der Waals surface area (Å²) in [5.74, 6) is 0.466. The van der Waals surface area contributed by atoms with Gasteiger partial charge in [-0.15, -0.1) is 0 Å². The molecule has 2 aromatic rings. The Bertz CT molecular complexity index is 815. The Balaban J connectivity index is 1.54. The predicted molar refractivity (Wildman–Crippen MR) is 101 cm³/mol. The second-order valence-electron chi connectivity index (χ2n) is 6.84. The number of carbonyl (C=O) groups is 2. The first-order chi connectivity index (χ1) is 12.4. The molecule has 0 unspecified atom stereocenters. The first-order valence-electron chi connectivity index (χ1n) is 8.79. The lowest BCUT2D eigenvalue weighted by atomic mass is 10.1. The van der Waals surface area contributed by atoms with Gasteiger partial charge in [-0.1, -0.05) is 23.8 Å². The quantitative estimate of drug-likeness (QED) is 0.900. The Morgan fingerprint density at radius 3 is 2.54 bits per heavy atom. The van der Waals surface area contributed by atoms with Crippen molar-refractivity contribution in [2.45, 2.75) is 33.2 Å². The summed E-state index contributed by atoms with van der Waals surface area (Å²) in [5, 5.41) is 2.89. The molecule has 2 aromatic carbocycles. The molecular formula is C21H24N2O3. The Kier molecular flexibility index (Phi) is 5.26. The molecule has 0 bridgehead atoms. The van der Waals surface area contributed by atoms with Crippen LogP contribution in [-0.2, 0) is 9.59 Å². The molecule has 0 spiro atoms. The number of nitrogens with one attached hydrogen (secondary N) is 1. The molecule has 1 aliphatic heterocycles. The fourth-order valence-corrected chi connectivity index (χ4v) is 3.00. The lowest BCUT2D eigenvalue weighted by Gasteiger charge is -2.18. The number of hydrogen-bond donors (Lipinski definition) is 1. The Morgan fingerprint density at radius 2 is 1.85 bits per heavy atom. The predicted octanol–water partition coefficient (Wildman–Crippen LogP) is 2.91. The second-order valence-corrected chi connectivity index (χ2v) is 6.84. The van der Waals surface area contributed by atoms with E-state index in [1.54, 1.807) is 4.90 Å². The van der Waals surface area contributed by atoms with E-state index in [0.29, 0.717) is 18.7 Å². The van der Waals surface area contributed by atoms with Crippen LogP contribution in [-0.4, -0.2) is 31.0 Å². The number of benzene rings is 2. The van der Waals surface area contributed by atoms with Crippen LogP contribution in [0.3, 0.4) is 0 Å². The molecule has 1 aliphatic rings. The molecule has 1 N–H and O–H groups in total. The molecule has 1 atom stereocenters. The van der Waals surface area contributed by atoms with E-state index in [-0.39, 0.29) is 24.5 Å².